The summed E-state index contributed by atoms with van der Waals surface area (Å²) in [7, 11) is 0. The van der Waals surface area contributed by atoms with Crippen LogP contribution >= 0.6 is 11.3 Å². The minimum absolute atomic E-state index is 0.336. The van der Waals surface area contributed by atoms with Gasteiger partial charge in [0, 0.05) is 16.3 Å². The van der Waals surface area contributed by atoms with Gasteiger partial charge < -0.3 is 5.73 Å². The molecular weight excluding hydrogens is 215 g/mol. The van der Waals surface area contributed by atoms with Crippen molar-refractivity contribution in [3.63, 3.8) is 0 Å². The number of carbonyl (C=O) groups is 1. The number of alkyl halides is 3. The Labute approximate surface area is 82.5 Å². The molecule has 0 fully saturated rings. The maximum atomic E-state index is 12.3. The topological polar surface area (TPSA) is 43.1 Å². The van der Waals surface area contributed by atoms with E-state index in [1.54, 1.807) is 0 Å². The van der Waals surface area contributed by atoms with Gasteiger partial charge in [-0.15, -0.1) is 0 Å². The number of halogens is 3. The van der Waals surface area contributed by atoms with Gasteiger partial charge in [-0.2, -0.15) is 24.5 Å². The van der Waals surface area contributed by atoms with Gasteiger partial charge in [0.05, 0.1) is 11.6 Å². The average Bonchev–Trinajstić information content (AvgIpc) is 2.48. The Morgan fingerprint density at radius 3 is 2.50 bits per heavy atom. The molecule has 0 aliphatic heterocycles. The predicted octanol–water partition coefficient (Wildman–Crippen LogP) is 2.30. The van der Waals surface area contributed by atoms with Gasteiger partial charge in [0.15, 0.2) is 5.78 Å². The van der Waals surface area contributed by atoms with Gasteiger partial charge in [0.1, 0.15) is 0 Å². The second-order valence-corrected chi connectivity index (χ2v) is 3.59. The van der Waals surface area contributed by atoms with E-state index < -0.39 is 23.6 Å². The number of rotatable bonds is 2. The number of nitrogens with two attached hydrogens (primary N) is 1. The summed E-state index contributed by atoms with van der Waals surface area (Å²) in [4.78, 5) is 11.3. The van der Waals surface area contributed by atoms with E-state index in [0.717, 1.165) is 16.7 Å². The maximum absolute atomic E-state index is 12.3. The fourth-order valence-corrected chi connectivity index (χ4v) is 1.80. The molecule has 2 nitrogen and oxygen atoms in total. The lowest BCUT2D eigenvalue weighted by molar-refractivity contribution is -0.137. The Bertz CT molecular complexity index is 343. The van der Waals surface area contributed by atoms with Crippen molar-refractivity contribution in [1.82, 2.24) is 0 Å². The summed E-state index contributed by atoms with van der Waals surface area (Å²) in [5.41, 5.74) is 3.99. The monoisotopic (exact) mass is 223 g/mol. The lowest BCUT2D eigenvalue weighted by atomic mass is 10.1. The SMILES string of the molecule is CC(N)C(=O)c1cscc1C(F)(F)F. The van der Waals surface area contributed by atoms with E-state index in [1.807, 2.05) is 0 Å². The van der Waals surface area contributed by atoms with Gasteiger partial charge in [0.2, 0.25) is 0 Å². The van der Waals surface area contributed by atoms with Crippen molar-refractivity contribution in [3.8, 4) is 0 Å². The molecule has 1 aromatic rings. The van der Waals surface area contributed by atoms with Crippen molar-refractivity contribution < 1.29 is 18.0 Å². The van der Waals surface area contributed by atoms with Crippen LogP contribution in [-0.2, 0) is 6.18 Å². The first-order chi connectivity index (χ1) is 6.34. The number of Topliss-reactive ketones (excluding diaryl/α,β-unsaturated/α-hetero) is 1. The summed E-state index contributed by atoms with van der Waals surface area (Å²) >= 11 is 0.842. The van der Waals surface area contributed by atoms with E-state index in [4.69, 9.17) is 5.73 Å². The van der Waals surface area contributed by atoms with Crippen LogP contribution in [0.5, 0.6) is 0 Å². The van der Waals surface area contributed by atoms with Crippen molar-refractivity contribution in [1.29, 1.82) is 0 Å². The summed E-state index contributed by atoms with van der Waals surface area (Å²) in [5.74, 6) is -0.682. The third kappa shape index (κ3) is 2.13. The molecule has 0 radical (unpaired) electrons. The average molecular weight is 223 g/mol. The minimum Gasteiger partial charge on any atom is -0.321 e. The van der Waals surface area contributed by atoms with Crippen LogP contribution in [-0.4, -0.2) is 11.8 Å². The number of hydrogen-bond acceptors (Lipinski definition) is 3. The lowest BCUT2D eigenvalue weighted by Gasteiger charge is -2.08. The first kappa shape index (κ1) is 11.2. The summed E-state index contributed by atoms with van der Waals surface area (Å²) < 4.78 is 37.0. The standard InChI is InChI=1S/C8H8F3NOS/c1-4(12)7(13)5-2-14-3-6(5)8(9,10)11/h2-4H,12H2,1H3. The number of carbonyl (C=O) groups excluding carboxylic acids is 1. The van der Waals surface area contributed by atoms with Crippen molar-refractivity contribution in [3.05, 3.63) is 21.9 Å². The smallest absolute Gasteiger partial charge is 0.321 e. The van der Waals surface area contributed by atoms with Gasteiger partial charge in [-0.25, -0.2) is 0 Å². The van der Waals surface area contributed by atoms with Crippen LogP contribution in [0.15, 0.2) is 10.8 Å². The second-order valence-electron chi connectivity index (χ2n) is 2.85. The Hall–Kier alpha value is -0.880. The van der Waals surface area contributed by atoms with E-state index in [0.29, 0.717) is 0 Å². The van der Waals surface area contributed by atoms with Gasteiger partial charge >= 0.3 is 6.18 Å². The molecule has 1 rings (SSSR count). The summed E-state index contributed by atoms with van der Waals surface area (Å²) in [6, 6.07) is -0.911. The van der Waals surface area contributed by atoms with Crippen LogP contribution in [0.4, 0.5) is 13.2 Å². The quantitative estimate of drug-likeness (QED) is 0.782. The van der Waals surface area contributed by atoms with Crippen molar-refractivity contribution >= 4 is 17.1 Å². The van der Waals surface area contributed by atoms with Crippen LogP contribution in [0.2, 0.25) is 0 Å². The third-order valence-electron chi connectivity index (χ3n) is 1.65. The molecule has 0 aliphatic rings. The minimum atomic E-state index is -4.49. The lowest BCUT2D eigenvalue weighted by Crippen LogP contribution is -2.28. The van der Waals surface area contributed by atoms with Crippen molar-refractivity contribution in [2.24, 2.45) is 5.73 Å². The summed E-state index contributed by atoms with van der Waals surface area (Å²) in [5, 5.41) is 2.09. The molecule has 0 saturated carbocycles. The highest BCUT2D eigenvalue weighted by Gasteiger charge is 2.36. The van der Waals surface area contributed by atoms with E-state index in [1.165, 1.54) is 12.3 Å². The number of hydrogen-bond donors (Lipinski definition) is 1. The first-order valence-electron chi connectivity index (χ1n) is 3.77. The summed E-state index contributed by atoms with van der Waals surface area (Å²) in [6.07, 6.45) is -4.49. The molecule has 78 valence electrons. The highest BCUT2D eigenvalue weighted by Crippen LogP contribution is 2.34. The van der Waals surface area contributed by atoms with Crippen LogP contribution < -0.4 is 5.73 Å². The molecule has 2 N–H and O–H groups in total. The van der Waals surface area contributed by atoms with Gasteiger partial charge in [-0.1, -0.05) is 0 Å². The third-order valence-corrected chi connectivity index (χ3v) is 2.39. The normalized spacial score (nSPS) is 14.1. The summed E-state index contributed by atoms with van der Waals surface area (Å²) in [6.45, 7) is 1.36. The molecule has 1 heterocycles. The molecular formula is C8H8F3NOS. The fraction of sp³-hybridized carbons (Fsp3) is 0.375. The molecule has 0 spiro atoms. The van der Waals surface area contributed by atoms with Crippen molar-refractivity contribution in [2.45, 2.75) is 19.1 Å². The molecule has 0 aromatic carbocycles. The molecule has 0 bridgehead atoms. The molecule has 1 atom stereocenters. The van der Waals surface area contributed by atoms with Crippen LogP contribution in [0.1, 0.15) is 22.8 Å². The Morgan fingerprint density at radius 1 is 1.50 bits per heavy atom. The Morgan fingerprint density at radius 2 is 2.07 bits per heavy atom. The zero-order valence-corrected chi connectivity index (χ0v) is 8.08. The van der Waals surface area contributed by atoms with Gasteiger partial charge in [-0.3, -0.25) is 4.79 Å². The molecule has 1 unspecified atom stereocenters. The van der Waals surface area contributed by atoms with Crippen molar-refractivity contribution in [2.75, 3.05) is 0 Å². The van der Waals surface area contributed by atoms with Gasteiger partial charge in [-0.05, 0) is 6.92 Å². The molecule has 1 aromatic heterocycles. The number of ketones is 1. The highest BCUT2D eigenvalue weighted by atomic mass is 32.1. The number of thiophene rings is 1. The van der Waals surface area contributed by atoms with Crippen LogP contribution in [0.25, 0.3) is 0 Å². The highest BCUT2D eigenvalue weighted by molar-refractivity contribution is 7.08. The van der Waals surface area contributed by atoms with Gasteiger partial charge in [0.25, 0.3) is 0 Å². The zero-order valence-electron chi connectivity index (χ0n) is 7.26. The van der Waals surface area contributed by atoms with E-state index in [2.05, 4.69) is 0 Å². The molecule has 0 amide bonds. The van der Waals surface area contributed by atoms with E-state index in [-0.39, 0.29) is 5.56 Å². The molecule has 0 saturated heterocycles. The van der Waals surface area contributed by atoms with Crippen LogP contribution in [0, 0.1) is 0 Å². The Kier molecular flexibility index (Phi) is 2.96. The molecule has 14 heavy (non-hydrogen) atoms. The zero-order chi connectivity index (χ0) is 10.9. The van der Waals surface area contributed by atoms with Crippen LogP contribution in [0.3, 0.4) is 0 Å². The first-order valence-corrected chi connectivity index (χ1v) is 4.71. The second kappa shape index (κ2) is 3.70. The Balaban J connectivity index is 3.12. The molecule has 0 aliphatic carbocycles. The predicted molar refractivity (Wildman–Crippen MR) is 47.3 cm³/mol. The van der Waals surface area contributed by atoms with E-state index in [9.17, 15) is 18.0 Å². The molecule has 6 heteroatoms. The fourth-order valence-electron chi connectivity index (χ4n) is 0.953. The maximum Gasteiger partial charge on any atom is 0.417 e. The largest absolute Gasteiger partial charge is 0.417 e. The van der Waals surface area contributed by atoms with E-state index >= 15 is 0 Å².